The highest BCUT2D eigenvalue weighted by molar-refractivity contribution is 7.89. The summed E-state index contributed by atoms with van der Waals surface area (Å²) in [6.07, 6.45) is 2.90. The lowest BCUT2D eigenvalue weighted by atomic mass is 10.1. The summed E-state index contributed by atoms with van der Waals surface area (Å²) in [6.45, 7) is 0.323. The number of fused-ring (bicyclic) bond motifs is 1. The molecule has 0 fully saturated rings. The van der Waals surface area contributed by atoms with Crippen molar-refractivity contribution >= 4 is 55.7 Å². The number of ketones is 1. The van der Waals surface area contributed by atoms with E-state index in [0.29, 0.717) is 32.9 Å². The van der Waals surface area contributed by atoms with Crippen molar-refractivity contribution in [3.8, 4) is 10.6 Å². The Morgan fingerprint density at radius 3 is 2.45 bits per heavy atom. The monoisotopic (exact) mass is 626 g/mol. The molecule has 222 valence electrons. The number of benzene rings is 3. The second-order valence-corrected chi connectivity index (χ2v) is 12.5. The van der Waals surface area contributed by atoms with Crippen LogP contribution in [-0.2, 0) is 16.6 Å². The quantitative estimate of drug-likeness (QED) is 0.156. The highest BCUT2D eigenvalue weighted by atomic mass is 32.2. The van der Waals surface area contributed by atoms with Crippen LogP contribution in [0.2, 0.25) is 0 Å². The largest absolute Gasteiger partial charge is 0.443 e. The number of imidazole rings is 1. The number of hydrogen-bond donors (Lipinski definition) is 3. The van der Waals surface area contributed by atoms with Crippen molar-refractivity contribution in [1.82, 2.24) is 19.3 Å². The number of nitrogens with one attached hydrogen (secondary N) is 3. The first-order valence-corrected chi connectivity index (χ1v) is 15.8. The van der Waals surface area contributed by atoms with Crippen LogP contribution in [0, 0.1) is 0 Å². The number of oxazole rings is 1. The molecule has 0 atom stereocenters. The molecule has 0 saturated heterocycles. The van der Waals surface area contributed by atoms with Gasteiger partial charge in [-0.25, -0.2) is 23.1 Å². The molecule has 6 aromatic rings. The molecule has 0 spiro atoms. The van der Waals surface area contributed by atoms with Crippen LogP contribution >= 0.6 is 11.3 Å². The molecule has 3 aromatic heterocycles. The summed E-state index contributed by atoms with van der Waals surface area (Å²) in [4.78, 5) is 35.8. The average Bonchev–Trinajstić information content (AvgIpc) is 3.81. The number of Topliss-reactive ketones (excluding diaryl/α,β-unsaturated/α-hetero) is 1. The molecule has 0 aliphatic heterocycles. The third-order valence-corrected chi connectivity index (χ3v) is 9.28. The Kier molecular flexibility index (Phi) is 8.32. The number of carbonyl (C=O) groups excluding carboxylic acids is 2. The van der Waals surface area contributed by atoms with Gasteiger partial charge < -0.3 is 14.3 Å². The number of aromatic nitrogens is 3. The van der Waals surface area contributed by atoms with Crippen LogP contribution in [0.4, 0.5) is 11.6 Å². The van der Waals surface area contributed by atoms with Crippen molar-refractivity contribution in [2.75, 3.05) is 23.7 Å². The van der Waals surface area contributed by atoms with Crippen molar-refractivity contribution in [3.05, 3.63) is 114 Å². The van der Waals surface area contributed by atoms with Gasteiger partial charge in [-0.1, -0.05) is 48.5 Å². The Morgan fingerprint density at radius 2 is 1.70 bits per heavy atom. The molecule has 3 aromatic carbocycles. The maximum absolute atomic E-state index is 13.3. The van der Waals surface area contributed by atoms with Gasteiger partial charge in [0.1, 0.15) is 0 Å². The van der Waals surface area contributed by atoms with Gasteiger partial charge in [-0.3, -0.25) is 14.9 Å². The molecule has 0 radical (unpaired) electrons. The fraction of sp³-hybridized carbons (Fsp3) is 0.0968. The molecule has 0 bridgehead atoms. The first-order valence-electron chi connectivity index (χ1n) is 13.5. The Labute approximate surface area is 256 Å². The third-order valence-electron chi connectivity index (χ3n) is 6.71. The molecule has 3 heterocycles. The van der Waals surface area contributed by atoms with Gasteiger partial charge in [0.2, 0.25) is 16.0 Å². The van der Waals surface area contributed by atoms with Crippen LogP contribution in [-0.4, -0.2) is 47.7 Å². The summed E-state index contributed by atoms with van der Waals surface area (Å²) in [5, 5.41) is 6.01. The molecule has 0 aliphatic carbocycles. The SMILES string of the molecule is O=C(CNc1ccc2c(c1)nc(NC(=O)c1ccc(-c3cnco3)s1)n2CCNS(=O)(=O)c1ccccc1)c1ccccc1. The molecule has 1 amide bonds. The fourth-order valence-corrected chi connectivity index (χ4v) is 6.43. The smallest absolute Gasteiger partial charge is 0.268 e. The number of thiophene rings is 1. The fourth-order valence-electron chi connectivity index (χ4n) is 4.54. The number of amides is 1. The van der Waals surface area contributed by atoms with E-state index in [1.807, 2.05) is 30.3 Å². The van der Waals surface area contributed by atoms with Gasteiger partial charge >= 0.3 is 0 Å². The average molecular weight is 627 g/mol. The maximum atomic E-state index is 13.3. The number of hydrogen-bond acceptors (Lipinski definition) is 9. The molecule has 0 saturated carbocycles. The van der Waals surface area contributed by atoms with Gasteiger partial charge in [-0.15, -0.1) is 11.3 Å². The van der Waals surface area contributed by atoms with Gasteiger partial charge in [0.15, 0.2) is 17.9 Å². The Balaban J connectivity index is 1.24. The number of sulfonamides is 1. The second kappa shape index (κ2) is 12.6. The van der Waals surface area contributed by atoms with Gasteiger partial charge in [-0.2, -0.15) is 0 Å². The Bertz CT molecular complexity index is 2020. The number of anilines is 2. The summed E-state index contributed by atoms with van der Waals surface area (Å²) < 4.78 is 35.3. The summed E-state index contributed by atoms with van der Waals surface area (Å²) in [5.41, 5.74) is 2.50. The van der Waals surface area contributed by atoms with Gasteiger partial charge in [0, 0.05) is 24.3 Å². The molecular weight excluding hydrogens is 601 g/mol. The minimum absolute atomic E-state index is 0.0474. The van der Waals surface area contributed by atoms with E-state index in [-0.39, 0.29) is 42.2 Å². The van der Waals surface area contributed by atoms with Crippen LogP contribution in [0.5, 0.6) is 0 Å². The summed E-state index contributed by atoms with van der Waals surface area (Å²) >= 11 is 1.24. The zero-order valence-corrected chi connectivity index (χ0v) is 24.8. The molecule has 3 N–H and O–H groups in total. The van der Waals surface area contributed by atoms with Crippen molar-refractivity contribution in [1.29, 1.82) is 0 Å². The normalized spacial score (nSPS) is 11.5. The van der Waals surface area contributed by atoms with Crippen LogP contribution in [0.3, 0.4) is 0 Å². The minimum Gasteiger partial charge on any atom is -0.443 e. The molecule has 0 aliphatic rings. The molecule has 11 nitrogen and oxygen atoms in total. The van der Waals surface area contributed by atoms with E-state index < -0.39 is 10.0 Å². The Morgan fingerprint density at radius 1 is 0.932 bits per heavy atom. The summed E-state index contributed by atoms with van der Waals surface area (Å²) in [6, 6.07) is 26.0. The van der Waals surface area contributed by atoms with Crippen LogP contribution in [0.25, 0.3) is 21.7 Å². The van der Waals surface area contributed by atoms with Crippen molar-refractivity contribution in [2.45, 2.75) is 11.4 Å². The summed E-state index contributed by atoms with van der Waals surface area (Å²) in [7, 11) is -3.73. The number of rotatable bonds is 12. The van der Waals surface area contributed by atoms with Crippen LogP contribution in [0.15, 0.2) is 113 Å². The lowest BCUT2D eigenvalue weighted by molar-refractivity contribution is 0.100. The van der Waals surface area contributed by atoms with E-state index in [2.05, 4.69) is 25.3 Å². The number of carbonyl (C=O) groups is 2. The first-order chi connectivity index (χ1) is 21.4. The molecule has 44 heavy (non-hydrogen) atoms. The molecule has 6 rings (SSSR count). The van der Waals surface area contributed by atoms with Crippen molar-refractivity contribution in [2.24, 2.45) is 0 Å². The maximum Gasteiger partial charge on any atom is 0.268 e. The lowest BCUT2D eigenvalue weighted by Crippen LogP contribution is -2.28. The van der Waals surface area contributed by atoms with Crippen LogP contribution < -0.4 is 15.4 Å². The van der Waals surface area contributed by atoms with Crippen LogP contribution in [0.1, 0.15) is 20.0 Å². The van der Waals surface area contributed by atoms with E-state index >= 15 is 0 Å². The predicted octanol–water partition coefficient (Wildman–Crippen LogP) is 5.28. The van der Waals surface area contributed by atoms with E-state index in [1.54, 1.807) is 59.3 Å². The molecule has 0 unspecified atom stereocenters. The predicted molar refractivity (Wildman–Crippen MR) is 168 cm³/mol. The van der Waals surface area contributed by atoms with Gasteiger partial charge in [0.05, 0.1) is 38.4 Å². The van der Waals surface area contributed by atoms with Crippen molar-refractivity contribution in [3.63, 3.8) is 0 Å². The molecule has 13 heteroatoms. The van der Waals surface area contributed by atoms with E-state index in [0.717, 1.165) is 4.88 Å². The zero-order chi connectivity index (χ0) is 30.5. The van der Waals surface area contributed by atoms with E-state index in [4.69, 9.17) is 4.42 Å². The Hall–Kier alpha value is -5.11. The minimum atomic E-state index is -3.73. The van der Waals surface area contributed by atoms with Crippen molar-refractivity contribution < 1.29 is 22.4 Å². The first kappa shape index (κ1) is 29.0. The third kappa shape index (κ3) is 6.44. The van der Waals surface area contributed by atoms with Gasteiger partial charge in [-0.05, 0) is 42.5 Å². The zero-order valence-electron chi connectivity index (χ0n) is 23.1. The topological polar surface area (TPSA) is 148 Å². The highest BCUT2D eigenvalue weighted by Crippen LogP contribution is 2.29. The second-order valence-electron chi connectivity index (χ2n) is 9.63. The van der Waals surface area contributed by atoms with E-state index in [1.165, 1.54) is 29.9 Å². The number of nitrogens with zero attached hydrogens (tertiary/aromatic N) is 3. The lowest BCUT2D eigenvalue weighted by Gasteiger charge is -2.11. The van der Waals surface area contributed by atoms with E-state index in [9.17, 15) is 18.0 Å². The highest BCUT2D eigenvalue weighted by Gasteiger charge is 2.19. The summed E-state index contributed by atoms with van der Waals surface area (Å²) in [5.74, 6) is 0.360. The standard InChI is InChI=1S/C31H26N6O5S2/c38-26(21-7-3-1-4-8-21)18-33-22-11-12-25-24(17-22)35-31(36-30(39)29-14-13-28(43-29)27-19-32-20-42-27)37(25)16-15-34-44(40,41)23-9-5-2-6-10-23/h1-14,17,19-20,33-34H,15-16,18H2,(H,35,36,39). The van der Waals surface area contributed by atoms with Gasteiger partial charge in [0.25, 0.3) is 5.91 Å². The molecular formula is C31H26N6O5S2.